The van der Waals surface area contributed by atoms with Gasteiger partial charge in [-0.3, -0.25) is 9.59 Å². The Bertz CT molecular complexity index is 653. The van der Waals surface area contributed by atoms with E-state index >= 15 is 0 Å². The summed E-state index contributed by atoms with van der Waals surface area (Å²) in [4.78, 5) is 27.7. The van der Waals surface area contributed by atoms with Gasteiger partial charge in [0.25, 0.3) is 0 Å². The lowest BCUT2D eigenvalue weighted by atomic mass is 10.0. The lowest BCUT2D eigenvalue weighted by Crippen LogP contribution is -2.49. The van der Waals surface area contributed by atoms with Crippen molar-refractivity contribution in [2.24, 2.45) is 0 Å². The number of benzene rings is 1. The maximum atomic E-state index is 14.3. The summed E-state index contributed by atoms with van der Waals surface area (Å²) in [5, 5.41) is 0.642. The van der Waals surface area contributed by atoms with Gasteiger partial charge in [0.15, 0.2) is 5.78 Å². The van der Waals surface area contributed by atoms with Crippen molar-refractivity contribution in [3.8, 4) is 0 Å². The highest BCUT2D eigenvalue weighted by molar-refractivity contribution is 8.00. The Hall–Kier alpha value is -1.56. The van der Waals surface area contributed by atoms with Gasteiger partial charge < -0.3 is 9.80 Å². The zero-order chi connectivity index (χ0) is 18.5. The zero-order valence-corrected chi connectivity index (χ0v) is 16.2. The van der Waals surface area contributed by atoms with Gasteiger partial charge in [0.1, 0.15) is 5.82 Å². The van der Waals surface area contributed by atoms with Gasteiger partial charge >= 0.3 is 0 Å². The minimum absolute atomic E-state index is 0.138. The monoisotopic (exact) mass is 378 g/mol. The van der Waals surface area contributed by atoms with Crippen molar-refractivity contribution in [2.45, 2.75) is 44.3 Å². The van der Waals surface area contributed by atoms with Gasteiger partial charge in [-0.1, -0.05) is 19.3 Å². The summed E-state index contributed by atoms with van der Waals surface area (Å²) in [6, 6.07) is 4.64. The number of piperazine rings is 1. The minimum atomic E-state index is -0.370. The Morgan fingerprint density at radius 1 is 1.12 bits per heavy atom. The number of anilines is 1. The highest BCUT2D eigenvalue weighted by Crippen LogP contribution is 2.28. The molecule has 0 radical (unpaired) electrons. The number of nitrogens with zero attached hydrogens (tertiary/aromatic N) is 2. The van der Waals surface area contributed by atoms with Crippen molar-refractivity contribution in [2.75, 3.05) is 36.8 Å². The summed E-state index contributed by atoms with van der Waals surface area (Å²) in [6.07, 6.45) is 6.39. The summed E-state index contributed by atoms with van der Waals surface area (Å²) in [7, 11) is 0. The van der Waals surface area contributed by atoms with E-state index in [9.17, 15) is 14.0 Å². The Labute approximate surface area is 159 Å². The minimum Gasteiger partial charge on any atom is -0.366 e. The molecule has 0 spiro atoms. The number of rotatable bonds is 5. The van der Waals surface area contributed by atoms with Gasteiger partial charge in [-0.25, -0.2) is 4.39 Å². The second kappa shape index (κ2) is 8.89. The number of carbonyl (C=O) groups excluding carboxylic acids is 2. The molecule has 26 heavy (non-hydrogen) atoms. The van der Waals surface area contributed by atoms with E-state index in [0.717, 1.165) is 0 Å². The topological polar surface area (TPSA) is 40.6 Å². The molecule has 0 unspecified atom stereocenters. The first-order valence-electron chi connectivity index (χ1n) is 9.49. The van der Waals surface area contributed by atoms with E-state index in [2.05, 4.69) is 0 Å². The highest BCUT2D eigenvalue weighted by Gasteiger charge is 2.24. The molecule has 6 heteroatoms. The van der Waals surface area contributed by atoms with Crippen LogP contribution in [0.4, 0.5) is 10.1 Å². The molecule has 142 valence electrons. The summed E-state index contributed by atoms with van der Waals surface area (Å²) >= 11 is 1.81. The number of Topliss-reactive ketones (excluding diaryl/α,β-unsaturated/α-hetero) is 1. The number of amides is 1. The molecule has 0 aromatic heterocycles. The fraction of sp³-hybridized carbons (Fsp3) is 0.600. The summed E-state index contributed by atoms with van der Waals surface area (Å²) in [5.41, 5.74) is 0.901. The second-order valence-electron chi connectivity index (χ2n) is 7.16. The molecule has 1 saturated heterocycles. The van der Waals surface area contributed by atoms with Crippen LogP contribution < -0.4 is 4.90 Å². The van der Waals surface area contributed by atoms with Gasteiger partial charge in [0.05, 0.1) is 11.4 Å². The van der Waals surface area contributed by atoms with Crippen LogP contribution in [0.3, 0.4) is 0 Å². The average Bonchev–Trinajstić information content (AvgIpc) is 2.67. The van der Waals surface area contributed by atoms with Crippen molar-refractivity contribution in [3.63, 3.8) is 0 Å². The summed E-state index contributed by atoms with van der Waals surface area (Å²) in [5.74, 6) is 0.256. The molecular formula is C20H27FN2O2S. The molecule has 0 N–H and O–H groups in total. The number of ketones is 1. The number of thioether (sulfide) groups is 1. The van der Waals surface area contributed by atoms with Crippen LogP contribution in [0.25, 0.3) is 0 Å². The molecule has 1 aromatic carbocycles. The third-order valence-electron chi connectivity index (χ3n) is 5.32. The van der Waals surface area contributed by atoms with Crippen molar-refractivity contribution in [1.82, 2.24) is 4.90 Å². The normalized spacial score (nSPS) is 18.8. The van der Waals surface area contributed by atoms with Crippen LogP contribution in [-0.2, 0) is 4.79 Å². The number of carbonyl (C=O) groups is 2. The molecule has 1 heterocycles. The van der Waals surface area contributed by atoms with Crippen molar-refractivity contribution < 1.29 is 14.0 Å². The average molecular weight is 379 g/mol. The standard InChI is InChI=1S/C20H27FN2O2S/c1-15(24)16-7-8-19(18(21)13-16)22-9-11-23(12-10-22)20(25)14-26-17-5-3-2-4-6-17/h7-8,13,17H,2-6,9-12,14H2,1H3. The van der Waals surface area contributed by atoms with Crippen LogP contribution in [0.1, 0.15) is 49.4 Å². The Balaban J connectivity index is 1.49. The third-order valence-corrected chi connectivity index (χ3v) is 6.68. The summed E-state index contributed by atoms with van der Waals surface area (Å²) in [6.45, 7) is 3.92. The summed E-state index contributed by atoms with van der Waals surface area (Å²) < 4.78 is 14.3. The quantitative estimate of drug-likeness (QED) is 0.732. The maximum Gasteiger partial charge on any atom is 0.232 e. The molecule has 1 aromatic rings. The Morgan fingerprint density at radius 3 is 2.42 bits per heavy atom. The third kappa shape index (κ3) is 4.78. The molecule has 1 amide bonds. The Kier molecular flexibility index (Phi) is 6.57. The van der Waals surface area contributed by atoms with Crippen LogP contribution in [0.2, 0.25) is 0 Å². The predicted molar refractivity (Wildman–Crippen MR) is 105 cm³/mol. The van der Waals surface area contributed by atoms with Crippen LogP contribution in [0.15, 0.2) is 18.2 Å². The number of halogens is 1. The van der Waals surface area contributed by atoms with E-state index in [-0.39, 0.29) is 17.5 Å². The maximum absolute atomic E-state index is 14.3. The molecule has 2 fully saturated rings. The van der Waals surface area contributed by atoms with E-state index in [1.165, 1.54) is 45.1 Å². The van der Waals surface area contributed by atoms with Crippen molar-refractivity contribution in [1.29, 1.82) is 0 Å². The largest absolute Gasteiger partial charge is 0.366 e. The van der Waals surface area contributed by atoms with Crippen LogP contribution in [-0.4, -0.2) is 53.8 Å². The first-order chi connectivity index (χ1) is 12.5. The first-order valence-corrected chi connectivity index (χ1v) is 10.5. The molecule has 1 aliphatic heterocycles. The lowest BCUT2D eigenvalue weighted by Gasteiger charge is -2.36. The smallest absolute Gasteiger partial charge is 0.232 e. The van der Waals surface area contributed by atoms with Gasteiger partial charge in [-0.05, 0) is 38.0 Å². The predicted octanol–water partition coefficient (Wildman–Crippen LogP) is 3.74. The molecule has 4 nitrogen and oxygen atoms in total. The SMILES string of the molecule is CC(=O)c1ccc(N2CCN(C(=O)CSC3CCCCC3)CC2)c(F)c1. The molecule has 2 aliphatic rings. The van der Waals surface area contributed by atoms with Crippen molar-refractivity contribution >= 4 is 29.1 Å². The van der Waals surface area contributed by atoms with E-state index in [0.29, 0.717) is 48.4 Å². The highest BCUT2D eigenvalue weighted by atomic mass is 32.2. The molecule has 0 atom stereocenters. The van der Waals surface area contributed by atoms with Crippen LogP contribution >= 0.6 is 11.8 Å². The van der Waals surface area contributed by atoms with Gasteiger partial charge in [0, 0.05) is 37.0 Å². The van der Waals surface area contributed by atoms with E-state index in [4.69, 9.17) is 0 Å². The van der Waals surface area contributed by atoms with Crippen LogP contribution in [0, 0.1) is 5.82 Å². The molecule has 1 saturated carbocycles. The number of hydrogen-bond donors (Lipinski definition) is 0. The first kappa shape index (κ1) is 19.2. The molecule has 1 aliphatic carbocycles. The van der Waals surface area contributed by atoms with Gasteiger partial charge in [0.2, 0.25) is 5.91 Å². The molecule has 0 bridgehead atoms. The second-order valence-corrected chi connectivity index (χ2v) is 8.45. The zero-order valence-electron chi connectivity index (χ0n) is 15.4. The van der Waals surface area contributed by atoms with E-state index in [1.54, 1.807) is 23.9 Å². The molecular weight excluding hydrogens is 351 g/mol. The fourth-order valence-corrected chi connectivity index (χ4v) is 4.92. The molecule has 3 rings (SSSR count). The Morgan fingerprint density at radius 2 is 1.81 bits per heavy atom. The van der Waals surface area contributed by atoms with Crippen LogP contribution in [0.5, 0.6) is 0 Å². The number of hydrogen-bond acceptors (Lipinski definition) is 4. The van der Waals surface area contributed by atoms with Gasteiger partial charge in [-0.2, -0.15) is 0 Å². The fourth-order valence-electron chi connectivity index (χ4n) is 3.69. The van der Waals surface area contributed by atoms with Gasteiger partial charge in [-0.15, -0.1) is 11.8 Å². The van der Waals surface area contributed by atoms with E-state index in [1.807, 2.05) is 9.80 Å². The van der Waals surface area contributed by atoms with E-state index < -0.39 is 0 Å². The lowest BCUT2D eigenvalue weighted by molar-refractivity contribution is -0.128. The van der Waals surface area contributed by atoms with Crippen molar-refractivity contribution in [3.05, 3.63) is 29.6 Å².